The zero-order valence-corrected chi connectivity index (χ0v) is 17.6. The first-order valence-corrected chi connectivity index (χ1v) is 10.8. The van der Waals surface area contributed by atoms with Crippen LogP contribution in [0.1, 0.15) is 34.7 Å². The number of halogens is 2. The van der Waals surface area contributed by atoms with Crippen LogP contribution in [0.2, 0.25) is 0 Å². The van der Waals surface area contributed by atoms with Gasteiger partial charge in [0.15, 0.2) is 0 Å². The van der Waals surface area contributed by atoms with Crippen molar-refractivity contribution in [2.75, 3.05) is 0 Å². The summed E-state index contributed by atoms with van der Waals surface area (Å²) in [7, 11) is 0. The van der Waals surface area contributed by atoms with Gasteiger partial charge in [0.2, 0.25) is 6.23 Å². The molecule has 0 spiro atoms. The molecule has 2 unspecified atom stereocenters. The van der Waals surface area contributed by atoms with Crippen molar-refractivity contribution in [3.05, 3.63) is 84.9 Å². The summed E-state index contributed by atoms with van der Waals surface area (Å²) in [4.78, 5) is 1.22. The van der Waals surface area contributed by atoms with E-state index in [1.165, 1.54) is 4.88 Å². The summed E-state index contributed by atoms with van der Waals surface area (Å²) in [6, 6.07) is 18.8. The molecule has 2 aliphatic rings. The highest BCUT2D eigenvalue weighted by Crippen LogP contribution is 2.50. The average Bonchev–Trinajstić information content (AvgIpc) is 3.31. The average molecular weight is 490 g/mol. The Morgan fingerprint density at radius 2 is 1.92 bits per heavy atom. The minimum atomic E-state index is -0.233. The number of rotatable bonds is 2. The second-order valence-corrected chi connectivity index (χ2v) is 9.03. The number of ether oxygens (including phenoxy) is 1. The first-order chi connectivity index (χ1) is 12.7. The Morgan fingerprint density at radius 3 is 2.69 bits per heavy atom. The number of hydrazone groups is 1. The molecular formula is C20H14Br2N2OS. The van der Waals surface area contributed by atoms with E-state index in [1.807, 2.05) is 24.3 Å². The lowest BCUT2D eigenvalue weighted by Crippen LogP contribution is -2.33. The van der Waals surface area contributed by atoms with E-state index in [4.69, 9.17) is 9.84 Å². The summed E-state index contributed by atoms with van der Waals surface area (Å²) in [6.45, 7) is 0. The van der Waals surface area contributed by atoms with Crippen LogP contribution in [0.3, 0.4) is 0 Å². The van der Waals surface area contributed by atoms with Crippen molar-refractivity contribution in [3.8, 4) is 5.75 Å². The Hall–Kier alpha value is -1.63. The Morgan fingerprint density at radius 1 is 1.08 bits per heavy atom. The van der Waals surface area contributed by atoms with Gasteiger partial charge in [-0.3, -0.25) is 0 Å². The van der Waals surface area contributed by atoms with E-state index in [0.717, 1.165) is 38.0 Å². The number of thiophene rings is 1. The monoisotopic (exact) mass is 488 g/mol. The molecule has 6 heteroatoms. The summed E-state index contributed by atoms with van der Waals surface area (Å²) < 4.78 is 8.44. The third-order valence-corrected chi connectivity index (χ3v) is 6.66. The predicted molar refractivity (Wildman–Crippen MR) is 112 cm³/mol. The highest BCUT2D eigenvalue weighted by molar-refractivity contribution is 9.11. The Bertz CT molecular complexity index is 989. The zero-order valence-electron chi connectivity index (χ0n) is 13.6. The van der Waals surface area contributed by atoms with Gasteiger partial charge >= 0.3 is 0 Å². The maximum atomic E-state index is 6.44. The van der Waals surface area contributed by atoms with E-state index >= 15 is 0 Å². The number of hydrogen-bond acceptors (Lipinski definition) is 4. The summed E-state index contributed by atoms with van der Waals surface area (Å²) >= 11 is 9.02. The van der Waals surface area contributed by atoms with Gasteiger partial charge in [0, 0.05) is 22.0 Å². The Balaban J connectivity index is 1.65. The van der Waals surface area contributed by atoms with E-state index < -0.39 is 0 Å². The zero-order chi connectivity index (χ0) is 17.7. The SMILES string of the molecule is Brc1cc(Br)c2c(c1)C1CC(c3cccs3)=NN1C(c1ccccc1)O2. The van der Waals surface area contributed by atoms with Gasteiger partial charge in [-0.2, -0.15) is 5.10 Å². The molecule has 0 bridgehead atoms. The van der Waals surface area contributed by atoms with E-state index in [9.17, 15) is 0 Å². The Labute approximate surface area is 172 Å². The van der Waals surface area contributed by atoms with Crippen LogP contribution in [-0.2, 0) is 0 Å². The molecule has 0 saturated carbocycles. The lowest BCUT2D eigenvalue weighted by Gasteiger charge is -2.38. The first-order valence-electron chi connectivity index (χ1n) is 8.31. The number of hydrogen-bond donors (Lipinski definition) is 0. The molecule has 0 saturated heterocycles. The van der Waals surface area contributed by atoms with Crippen molar-refractivity contribution in [1.29, 1.82) is 0 Å². The Kier molecular flexibility index (Phi) is 4.14. The van der Waals surface area contributed by atoms with E-state index in [2.05, 4.69) is 72.6 Å². The standard InChI is InChI=1S/C20H14Br2N2OS/c21-13-9-14-17-11-16(18-7-4-8-26-18)23-24(17)20(12-5-2-1-3-6-12)25-19(14)15(22)10-13/h1-10,17,20H,11H2. The molecule has 2 aliphatic heterocycles. The predicted octanol–water partition coefficient (Wildman–Crippen LogP) is 6.52. The molecule has 130 valence electrons. The minimum absolute atomic E-state index is 0.162. The highest BCUT2D eigenvalue weighted by atomic mass is 79.9. The van der Waals surface area contributed by atoms with Gasteiger partial charge in [-0.1, -0.05) is 52.3 Å². The lowest BCUT2D eigenvalue weighted by atomic mass is 9.98. The third-order valence-electron chi connectivity index (χ3n) is 4.70. The van der Waals surface area contributed by atoms with Gasteiger partial charge in [0.1, 0.15) is 5.75 Å². The summed E-state index contributed by atoms with van der Waals surface area (Å²) in [5.74, 6) is 0.908. The van der Waals surface area contributed by atoms with Crippen molar-refractivity contribution in [1.82, 2.24) is 5.01 Å². The molecule has 0 fully saturated rings. The molecule has 26 heavy (non-hydrogen) atoms. The highest BCUT2D eigenvalue weighted by Gasteiger charge is 2.42. The van der Waals surface area contributed by atoms with Gasteiger partial charge in [-0.25, -0.2) is 5.01 Å². The van der Waals surface area contributed by atoms with Gasteiger partial charge in [-0.05, 0) is 39.5 Å². The van der Waals surface area contributed by atoms with Crippen LogP contribution in [0, 0.1) is 0 Å². The molecule has 5 rings (SSSR count). The van der Waals surface area contributed by atoms with Crippen molar-refractivity contribution in [3.63, 3.8) is 0 Å². The van der Waals surface area contributed by atoms with E-state index in [-0.39, 0.29) is 12.3 Å². The summed E-state index contributed by atoms with van der Waals surface area (Å²) in [5, 5.41) is 9.19. The fourth-order valence-corrected chi connectivity index (χ4v) is 5.62. The summed E-state index contributed by atoms with van der Waals surface area (Å²) in [5.41, 5.74) is 3.39. The van der Waals surface area contributed by atoms with Crippen LogP contribution >= 0.6 is 43.2 Å². The second-order valence-electron chi connectivity index (χ2n) is 6.31. The molecule has 3 heterocycles. The normalized spacial score (nSPS) is 21.0. The van der Waals surface area contributed by atoms with Gasteiger partial charge in [-0.15, -0.1) is 11.3 Å². The van der Waals surface area contributed by atoms with Crippen molar-refractivity contribution >= 4 is 48.9 Å². The lowest BCUT2D eigenvalue weighted by molar-refractivity contribution is -0.0197. The maximum absolute atomic E-state index is 6.44. The van der Waals surface area contributed by atoms with Gasteiger partial charge < -0.3 is 4.74 Å². The molecule has 0 aliphatic carbocycles. The molecular weight excluding hydrogens is 476 g/mol. The van der Waals surface area contributed by atoms with Gasteiger partial charge in [0.25, 0.3) is 0 Å². The molecule has 3 aromatic rings. The third kappa shape index (κ3) is 2.71. The molecule has 0 amide bonds. The van der Waals surface area contributed by atoms with Crippen molar-refractivity contribution in [2.24, 2.45) is 5.10 Å². The topological polar surface area (TPSA) is 24.8 Å². The summed E-state index contributed by atoms with van der Waals surface area (Å²) in [6.07, 6.45) is 0.645. The minimum Gasteiger partial charge on any atom is -0.463 e. The van der Waals surface area contributed by atoms with E-state index in [0.29, 0.717) is 0 Å². The molecule has 0 N–H and O–H groups in total. The van der Waals surface area contributed by atoms with Crippen LogP contribution in [0.4, 0.5) is 0 Å². The van der Waals surface area contributed by atoms with Crippen LogP contribution in [0.5, 0.6) is 5.75 Å². The van der Waals surface area contributed by atoms with Crippen LogP contribution in [0.25, 0.3) is 0 Å². The van der Waals surface area contributed by atoms with Crippen LogP contribution in [0.15, 0.2) is 74.0 Å². The van der Waals surface area contributed by atoms with E-state index in [1.54, 1.807) is 11.3 Å². The molecule has 3 nitrogen and oxygen atoms in total. The molecule has 2 aromatic carbocycles. The number of fused-ring (bicyclic) bond motifs is 3. The maximum Gasteiger partial charge on any atom is 0.213 e. The molecule has 2 atom stereocenters. The number of benzene rings is 2. The smallest absolute Gasteiger partial charge is 0.213 e. The first kappa shape index (κ1) is 16.5. The fraction of sp³-hybridized carbons (Fsp3) is 0.150. The van der Waals surface area contributed by atoms with Crippen LogP contribution < -0.4 is 4.74 Å². The van der Waals surface area contributed by atoms with Crippen LogP contribution in [-0.4, -0.2) is 10.7 Å². The molecule has 0 radical (unpaired) electrons. The number of nitrogens with zero attached hydrogens (tertiary/aromatic N) is 2. The second kappa shape index (κ2) is 6.51. The fourth-order valence-electron chi connectivity index (χ4n) is 3.54. The quantitative estimate of drug-likeness (QED) is 0.409. The van der Waals surface area contributed by atoms with Crippen molar-refractivity contribution < 1.29 is 4.74 Å². The molecule has 1 aromatic heterocycles. The van der Waals surface area contributed by atoms with Crippen molar-refractivity contribution in [2.45, 2.75) is 18.7 Å². The van der Waals surface area contributed by atoms with Gasteiger partial charge in [0.05, 0.1) is 21.1 Å². The largest absolute Gasteiger partial charge is 0.463 e.